The summed E-state index contributed by atoms with van der Waals surface area (Å²) in [5, 5.41) is 0. The third-order valence-corrected chi connectivity index (χ3v) is 8.93. The van der Waals surface area contributed by atoms with Gasteiger partial charge in [-0.25, -0.2) is 0 Å². The van der Waals surface area contributed by atoms with Crippen molar-refractivity contribution in [3.05, 3.63) is 138 Å². The lowest BCUT2D eigenvalue weighted by molar-refractivity contribution is -0.201. The number of benzene rings is 4. The summed E-state index contributed by atoms with van der Waals surface area (Å²) in [7, 11) is 0. The molecule has 224 valence electrons. The van der Waals surface area contributed by atoms with Gasteiger partial charge in [0, 0.05) is 37.9 Å². The van der Waals surface area contributed by atoms with Gasteiger partial charge in [0.25, 0.3) is 0 Å². The maximum Gasteiger partial charge on any atom is 0.113 e. The molecular weight excluding hydrogens is 532 g/mol. The SMILES string of the molecule is C[C@@H]1[C@@H](OCc2ccccc2)[C@H](OCc2ccccc2)[C@@H](OCc2ccccc2)CN1C[C@H]1CCN(c2ccccc2)C1. The molecule has 6 rings (SSSR count). The highest BCUT2D eigenvalue weighted by molar-refractivity contribution is 5.46. The smallest absolute Gasteiger partial charge is 0.113 e. The zero-order valence-corrected chi connectivity index (χ0v) is 25.2. The summed E-state index contributed by atoms with van der Waals surface area (Å²) in [6.45, 7) is 7.96. The Kier molecular flexibility index (Phi) is 10.2. The first-order valence-electron chi connectivity index (χ1n) is 15.7. The number of likely N-dealkylation sites (tertiary alicyclic amines) is 1. The lowest BCUT2D eigenvalue weighted by Gasteiger charge is -2.48. The third kappa shape index (κ3) is 7.92. The summed E-state index contributed by atoms with van der Waals surface area (Å²) in [6.07, 6.45) is 0.748. The van der Waals surface area contributed by atoms with E-state index in [2.05, 4.69) is 120 Å². The molecule has 0 aromatic heterocycles. The third-order valence-electron chi connectivity index (χ3n) is 8.93. The first kappa shape index (κ1) is 29.6. The molecular formula is C38H44N2O3. The lowest BCUT2D eigenvalue weighted by Crippen LogP contribution is -2.63. The Morgan fingerprint density at radius 2 is 1.07 bits per heavy atom. The first-order valence-corrected chi connectivity index (χ1v) is 15.7. The maximum atomic E-state index is 6.79. The van der Waals surface area contributed by atoms with Crippen LogP contribution in [0.1, 0.15) is 30.0 Å². The zero-order valence-electron chi connectivity index (χ0n) is 25.2. The van der Waals surface area contributed by atoms with Crippen LogP contribution in [0, 0.1) is 5.92 Å². The van der Waals surface area contributed by atoms with E-state index >= 15 is 0 Å². The molecule has 5 heteroatoms. The van der Waals surface area contributed by atoms with Crippen LogP contribution >= 0.6 is 0 Å². The standard InChI is InChI=1S/C38H44N2O3/c1-30-37(42-28-32-16-8-3-9-17-32)38(43-29-33-18-10-4-11-19-33)36(41-27-31-14-6-2-7-15-31)26-40(30)25-34-22-23-39(24-34)35-20-12-5-13-21-35/h2-21,30,34,36-38H,22-29H2,1H3/t30-,34+,36+,37-,38-/m1/s1. The number of piperidine rings is 1. The van der Waals surface area contributed by atoms with E-state index in [9.17, 15) is 0 Å². The molecule has 0 bridgehead atoms. The van der Waals surface area contributed by atoms with Gasteiger partial charge in [0.2, 0.25) is 0 Å². The molecule has 0 N–H and O–H groups in total. The van der Waals surface area contributed by atoms with Crippen molar-refractivity contribution in [3.8, 4) is 0 Å². The van der Waals surface area contributed by atoms with Crippen LogP contribution in [0.2, 0.25) is 0 Å². The van der Waals surface area contributed by atoms with Gasteiger partial charge < -0.3 is 19.1 Å². The van der Waals surface area contributed by atoms with Gasteiger partial charge in [0.05, 0.1) is 25.9 Å². The predicted octanol–water partition coefficient (Wildman–Crippen LogP) is 6.97. The van der Waals surface area contributed by atoms with Gasteiger partial charge in [-0.2, -0.15) is 0 Å². The fourth-order valence-corrected chi connectivity index (χ4v) is 6.52. The van der Waals surface area contributed by atoms with Crippen LogP contribution < -0.4 is 4.90 Å². The van der Waals surface area contributed by atoms with E-state index in [1.54, 1.807) is 0 Å². The van der Waals surface area contributed by atoms with Crippen molar-refractivity contribution in [2.75, 3.05) is 31.1 Å². The molecule has 2 fully saturated rings. The molecule has 2 saturated heterocycles. The van der Waals surface area contributed by atoms with Crippen LogP contribution in [0.3, 0.4) is 0 Å². The van der Waals surface area contributed by atoms with Crippen molar-refractivity contribution < 1.29 is 14.2 Å². The molecule has 2 aliphatic rings. The number of nitrogens with zero attached hydrogens (tertiary/aromatic N) is 2. The van der Waals surface area contributed by atoms with E-state index in [0.717, 1.165) is 31.7 Å². The summed E-state index contributed by atoms with van der Waals surface area (Å²) in [5.74, 6) is 0.592. The number of rotatable bonds is 12. The molecule has 5 atom stereocenters. The second-order valence-corrected chi connectivity index (χ2v) is 12.0. The van der Waals surface area contributed by atoms with Gasteiger partial charge in [-0.3, -0.25) is 4.90 Å². The molecule has 0 spiro atoms. The van der Waals surface area contributed by atoms with Crippen LogP contribution in [0.5, 0.6) is 0 Å². The zero-order chi connectivity index (χ0) is 29.3. The van der Waals surface area contributed by atoms with Crippen molar-refractivity contribution in [3.63, 3.8) is 0 Å². The van der Waals surface area contributed by atoms with Crippen molar-refractivity contribution in [2.45, 2.75) is 57.5 Å². The minimum absolute atomic E-state index is 0.118. The molecule has 2 aliphatic heterocycles. The minimum atomic E-state index is -0.191. The van der Waals surface area contributed by atoms with Gasteiger partial charge in [-0.1, -0.05) is 109 Å². The van der Waals surface area contributed by atoms with Crippen LogP contribution in [0.4, 0.5) is 5.69 Å². The average molecular weight is 577 g/mol. The number of hydrogen-bond acceptors (Lipinski definition) is 5. The Morgan fingerprint density at radius 1 is 0.581 bits per heavy atom. The molecule has 5 nitrogen and oxygen atoms in total. The average Bonchev–Trinajstić information content (AvgIpc) is 3.54. The number of para-hydroxylation sites is 1. The van der Waals surface area contributed by atoms with E-state index in [1.807, 2.05) is 18.2 Å². The molecule has 0 saturated carbocycles. The van der Waals surface area contributed by atoms with Crippen LogP contribution in [-0.4, -0.2) is 55.4 Å². The largest absolute Gasteiger partial charge is 0.371 e. The molecule has 0 amide bonds. The van der Waals surface area contributed by atoms with E-state index in [-0.39, 0.29) is 24.4 Å². The topological polar surface area (TPSA) is 34.2 Å². The predicted molar refractivity (Wildman–Crippen MR) is 173 cm³/mol. The number of anilines is 1. The first-order chi connectivity index (χ1) is 21.2. The molecule has 4 aromatic carbocycles. The molecule has 2 heterocycles. The fourth-order valence-electron chi connectivity index (χ4n) is 6.52. The highest BCUT2D eigenvalue weighted by atomic mass is 16.6. The van der Waals surface area contributed by atoms with Crippen LogP contribution in [-0.2, 0) is 34.0 Å². The lowest BCUT2D eigenvalue weighted by atomic mass is 9.92. The molecule has 0 unspecified atom stereocenters. The maximum absolute atomic E-state index is 6.79. The Hall–Kier alpha value is -3.48. The highest BCUT2D eigenvalue weighted by Gasteiger charge is 2.45. The van der Waals surface area contributed by atoms with E-state index in [0.29, 0.717) is 25.7 Å². The summed E-state index contributed by atoms with van der Waals surface area (Å²) in [5.41, 5.74) is 4.82. The molecule has 4 aromatic rings. The monoisotopic (exact) mass is 576 g/mol. The van der Waals surface area contributed by atoms with Gasteiger partial charge in [0.1, 0.15) is 12.2 Å². The minimum Gasteiger partial charge on any atom is -0.371 e. The van der Waals surface area contributed by atoms with Crippen molar-refractivity contribution >= 4 is 5.69 Å². The molecule has 0 aliphatic carbocycles. The quantitative estimate of drug-likeness (QED) is 0.182. The Balaban J connectivity index is 1.21. The van der Waals surface area contributed by atoms with E-state index in [1.165, 1.54) is 23.2 Å². The van der Waals surface area contributed by atoms with Crippen LogP contribution in [0.25, 0.3) is 0 Å². The Bertz CT molecular complexity index is 1360. The Labute approximate surface area is 257 Å². The van der Waals surface area contributed by atoms with Crippen LogP contribution in [0.15, 0.2) is 121 Å². The van der Waals surface area contributed by atoms with Gasteiger partial charge in [0.15, 0.2) is 0 Å². The summed E-state index contributed by atoms with van der Waals surface area (Å²) in [4.78, 5) is 5.13. The van der Waals surface area contributed by atoms with Crippen molar-refractivity contribution in [1.29, 1.82) is 0 Å². The van der Waals surface area contributed by atoms with Gasteiger partial charge >= 0.3 is 0 Å². The molecule has 43 heavy (non-hydrogen) atoms. The second kappa shape index (κ2) is 14.8. The van der Waals surface area contributed by atoms with Crippen molar-refractivity contribution in [1.82, 2.24) is 4.90 Å². The fraction of sp³-hybridized carbons (Fsp3) is 0.368. The summed E-state index contributed by atoms with van der Waals surface area (Å²) in [6, 6.07) is 42.3. The number of ether oxygens (including phenoxy) is 3. The number of hydrogen-bond donors (Lipinski definition) is 0. The second-order valence-electron chi connectivity index (χ2n) is 12.0. The summed E-state index contributed by atoms with van der Waals surface area (Å²) < 4.78 is 20.3. The van der Waals surface area contributed by atoms with Crippen molar-refractivity contribution in [2.24, 2.45) is 5.92 Å². The van der Waals surface area contributed by atoms with Gasteiger partial charge in [-0.15, -0.1) is 0 Å². The normalized spacial score (nSPS) is 24.3. The van der Waals surface area contributed by atoms with E-state index in [4.69, 9.17) is 14.2 Å². The Morgan fingerprint density at radius 3 is 1.63 bits per heavy atom. The summed E-state index contributed by atoms with van der Waals surface area (Å²) >= 11 is 0. The van der Waals surface area contributed by atoms with E-state index < -0.39 is 0 Å². The van der Waals surface area contributed by atoms with Gasteiger partial charge in [-0.05, 0) is 48.1 Å². The molecule has 0 radical (unpaired) electrons. The highest BCUT2D eigenvalue weighted by Crippen LogP contribution is 2.31.